The molecule has 114 valence electrons. The summed E-state index contributed by atoms with van der Waals surface area (Å²) in [5.41, 5.74) is 8.54. The molecule has 0 atom stereocenters. The molecule has 1 fully saturated rings. The van der Waals surface area contributed by atoms with Crippen LogP contribution in [-0.4, -0.2) is 45.7 Å². The lowest BCUT2D eigenvalue weighted by Crippen LogP contribution is -2.42. The average molecular weight is 288 g/mol. The van der Waals surface area contributed by atoms with Crippen LogP contribution >= 0.6 is 0 Å². The highest BCUT2D eigenvalue weighted by molar-refractivity contribution is 5.78. The van der Waals surface area contributed by atoms with Gasteiger partial charge in [0.05, 0.1) is 11.0 Å². The van der Waals surface area contributed by atoms with Crippen LogP contribution in [-0.2, 0) is 6.42 Å². The molecule has 0 spiro atoms. The van der Waals surface area contributed by atoms with E-state index in [-0.39, 0.29) is 6.61 Å². The summed E-state index contributed by atoms with van der Waals surface area (Å²) in [6.45, 7) is 2.25. The third-order valence-corrected chi connectivity index (χ3v) is 4.39. The van der Waals surface area contributed by atoms with Gasteiger partial charge in [-0.1, -0.05) is 6.42 Å². The number of fused-ring (bicyclic) bond motifs is 1. The maximum absolute atomic E-state index is 9.04. The fourth-order valence-electron chi connectivity index (χ4n) is 2.95. The van der Waals surface area contributed by atoms with Crippen molar-refractivity contribution in [2.45, 2.75) is 38.1 Å². The van der Waals surface area contributed by atoms with Gasteiger partial charge in [-0.3, -0.25) is 4.90 Å². The number of hydrogen-bond donors (Lipinski definition) is 3. The summed E-state index contributed by atoms with van der Waals surface area (Å²) in [7, 11) is 0. The van der Waals surface area contributed by atoms with Crippen molar-refractivity contribution in [1.29, 1.82) is 0 Å². The molecule has 1 aliphatic rings. The number of imidazole rings is 1. The van der Waals surface area contributed by atoms with Gasteiger partial charge in [0, 0.05) is 37.8 Å². The molecule has 1 aliphatic carbocycles. The van der Waals surface area contributed by atoms with Gasteiger partial charge in [0.15, 0.2) is 0 Å². The molecule has 1 saturated carbocycles. The van der Waals surface area contributed by atoms with Gasteiger partial charge in [-0.25, -0.2) is 4.98 Å². The molecule has 2 aromatic rings. The molecule has 0 aliphatic heterocycles. The van der Waals surface area contributed by atoms with Crippen LogP contribution < -0.4 is 5.73 Å². The summed E-state index contributed by atoms with van der Waals surface area (Å²) in [6.07, 6.45) is 5.69. The number of benzene rings is 1. The third kappa shape index (κ3) is 3.36. The standard InChI is InChI=1S/C16H24N4O/c17-12-5-6-14-15(11-12)19-16(18-14)7-9-20(8-2-10-21)13-3-1-4-13/h5-6,11,13,21H,1-4,7-10,17H2,(H,18,19). The van der Waals surface area contributed by atoms with Crippen LogP contribution in [0.3, 0.4) is 0 Å². The fourth-order valence-corrected chi connectivity index (χ4v) is 2.95. The van der Waals surface area contributed by atoms with Crippen LogP contribution in [0.1, 0.15) is 31.5 Å². The molecule has 1 heterocycles. The second-order valence-electron chi connectivity index (χ2n) is 5.91. The van der Waals surface area contributed by atoms with Crippen molar-refractivity contribution in [3.8, 4) is 0 Å². The Morgan fingerprint density at radius 2 is 2.19 bits per heavy atom. The number of nitrogens with zero attached hydrogens (tertiary/aromatic N) is 2. The number of nitrogens with two attached hydrogens (primary N) is 1. The molecule has 5 heteroatoms. The minimum absolute atomic E-state index is 0.271. The highest BCUT2D eigenvalue weighted by atomic mass is 16.3. The Morgan fingerprint density at radius 1 is 1.33 bits per heavy atom. The van der Waals surface area contributed by atoms with Crippen molar-refractivity contribution in [2.24, 2.45) is 0 Å². The van der Waals surface area contributed by atoms with Crippen molar-refractivity contribution in [1.82, 2.24) is 14.9 Å². The number of nitrogen functional groups attached to an aromatic ring is 1. The lowest BCUT2D eigenvalue weighted by Gasteiger charge is -2.37. The van der Waals surface area contributed by atoms with Crippen LogP contribution in [0.25, 0.3) is 11.0 Å². The smallest absolute Gasteiger partial charge is 0.108 e. The topological polar surface area (TPSA) is 78.2 Å². The van der Waals surface area contributed by atoms with Crippen molar-refractivity contribution >= 4 is 16.7 Å². The van der Waals surface area contributed by atoms with E-state index < -0.39 is 0 Å². The van der Waals surface area contributed by atoms with Gasteiger partial charge in [-0.15, -0.1) is 0 Å². The molecule has 0 radical (unpaired) electrons. The van der Waals surface area contributed by atoms with Crippen molar-refractivity contribution in [3.05, 3.63) is 24.0 Å². The Balaban J connectivity index is 1.63. The van der Waals surface area contributed by atoms with E-state index in [9.17, 15) is 0 Å². The summed E-state index contributed by atoms with van der Waals surface area (Å²) in [6, 6.07) is 6.48. The molecular weight excluding hydrogens is 264 g/mol. The summed E-state index contributed by atoms with van der Waals surface area (Å²) in [4.78, 5) is 10.5. The van der Waals surface area contributed by atoms with E-state index in [1.165, 1.54) is 19.3 Å². The molecule has 4 N–H and O–H groups in total. The Labute approximate surface area is 125 Å². The molecule has 0 saturated heterocycles. The number of H-pyrrole nitrogens is 1. The first kappa shape index (κ1) is 14.4. The van der Waals surface area contributed by atoms with Crippen LogP contribution in [0.5, 0.6) is 0 Å². The minimum atomic E-state index is 0.271. The first-order valence-corrected chi connectivity index (χ1v) is 7.85. The normalized spacial score (nSPS) is 15.7. The van der Waals surface area contributed by atoms with Crippen LogP contribution in [0, 0.1) is 0 Å². The average Bonchev–Trinajstić information content (AvgIpc) is 2.81. The van der Waals surface area contributed by atoms with E-state index >= 15 is 0 Å². The number of aliphatic hydroxyl groups excluding tert-OH is 1. The Bertz CT molecular complexity index is 591. The van der Waals surface area contributed by atoms with Gasteiger partial charge in [0.25, 0.3) is 0 Å². The molecular formula is C16H24N4O. The summed E-state index contributed by atoms with van der Waals surface area (Å²) in [5.74, 6) is 1.02. The van der Waals surface area contributed by atoms with E-state index in [0.717, 1.165) is 48.5 Å². The van der Waals surface area contributed by atoms with E-state index in [4.69, 9.17) is 10.8 Å². The highest BCUT2D eigenvalue weighted by Crippen LogP contribution is 2.25. The Morgan fingerprint density at radius 3 is 2.90 bits per heavy atom. The lowest BCUT2D eigenvalue weighted by molar-refractivity contribution is 0.117. The predicted molar refractivity (Wildman–Crippen MR) is 85.1 cm³/mol. The first-order valence-electron chi connectivity index (χ1n) is 7.85. The fraction of sp³-hybridized carbons (Fsp3) is 0.562. The van der Waals surface area contributed by atoms with Crippen LogP contribution in [0.2, 0.25) is 0 Å². The highest BCUT2D eigenvalue weighted by Gasteiger charge is 2.24. The van der Waals surface area contributed by atoms with Crippen molar-refractivity contribution < 1.29 is 5.11 Å². The maximum Gasteiger partial charge on any atom is 0.108 e. The molecule has 3 rings (SSSR count). The van der Waals surface area contributed by atoms with E-state index in [1.54, 1.807) is 0 Å². The Hall–Kier alpha value is -1.59. The van der Waals surface area contributed by atoms with Gasteiger partial charge in [-0.2, -0.15) is 0 Å². The van der Waals surface area contributed by atoms with Crippen LogP contribution in [0.15, 0.2) is 18.2 Å². The summed E-state index contributed by atoms with van der Waals surface area (Å²) >= 11 is 0. The Kier molecular flexibility index (Phi) is 4.41. The van der Waals surface area contributed by atoms with E-state index in [2.05, 4.69) is 14.9 Å². The second kappa shape index (κ2) is 6.45. The molecule has 5 nitrogen and oxygen atoms in total. The third-order valence-electron chi connectivity index (χ3n) is 4.39. The molecule has 21 heavy (non-hydrogen) atoms. The van der Waals surface area contributed by atoms with Crippen LogP contribution in [0.4, 0.5) is 5.69 Å². The monoisotopic (exact) mass is 288 g/mol. The quantitative estimate of drug-likeness (QED) is 0.680. The summed E-state index contributed by atoms with van der Waals surface area (Å²) < 4.78 is 0. The number of nitrogens with one attached hydrogen (secondary N) is 1. The molecule has 1 aromatic heterocycles. The zero-order valence-electron chi connectivity index (χ0n) is 12.4. The largest absolute Gasteiger partial charge is 0.399 e. The number of hydrogen-bond acceptors (Lipinski definition) is 4. The first-order chi connectivity index (χ1) is 10.3. The minimum Gasteiger partial charge on any atom is -0.399 e. The molecule has 0 unspecified atom stereocenters. The van der Waals surface area contributed by atoms with Crippen molar-refractivity contribution in [2.75, 3.05) is 25.4 Å². The lowest BCUT2D eigenvalue weighted by atomic mass is 9.91. The van der Waals surface area contributed by atoms with E-state index in [1.807, 2.05) is 18.2 Å². The molecule has 0 amide bonds. The van der Waals surface area contributed by atoms with Gasteiger partial charge in [-0.05, 0) is 37.5 Å². The zero-order chi connectivity index (χ0) is 14.7. The van der Waals surface area contributed by atoms with E-state index in [0.29, 0.717) is 6.04 Å². The SMILES string of the molecule is Nc1ccc2nc(CCN(CCCO)C3CCC3)[nH]c2c1. The number of aromatic nitrogens is 2. The van der Waals surface area contributed by atoms with Gasteiger partial charge in [0.1, 0.15) is 5.82 Å². The molecule has 1 aromatic carbocycles. The van der Waals surface area contributed by atoms with Gasteiger partial charge < -0.3 is 15.8 Å². The number of rotatable bonds is 7. The number of aliphatic hydroxyl groups is 1. The maximum atomic E-state index is 9.04. The number of anilines is 1. The van der Waals surface area contributed by atoms with Gasteiger partial charge in [0.2, 0.25) is 0 Å². The van der Waals surface area contributed by atoms with Crippen molar-refractivity contribution in [3.63, 3.8) is 0 Å². The second-order valence-corrected chi connectivity index (χ2v) is 5.91. The number of aromatic amines is 1. The predicted octanol–water partition coefficient (Wildman–Crippen LogP) is 1.92. The molecule has 0 bridgehead atoms. The zero-order valence-corrected chi connectivity index (χ0v) is 12.4. The van der Waals surface area contributed by atoms with Gasteiger partial charge >= 0.3 is 0 Å². The summed E-state index contributed by atoms with van der Waals surface area (Å²) in [5, 5.41) is 9.04.